The first-order valence-corrected chi connectivity index (χ1v) is 5.56. The molecule has 0 atom stereocenters. The number of fused-ring (bicyclic) bond motifs is 1. The number of anilines is 1. The minimum Gasteiger partial charge on any atom is -0.490 e. The van der Waals surface area contributed by atoms with Crippen molar-refractivity contribution in [3.8, 4) is 5.75 Å². The van der Waals surface area contributed by atoms with Crippen LogP contribution in [-0.2, 0) is 11.0 Å². The lowest BCUT2D eigenvalue weighted by Gasteiger charge is -2.11. The SMILES string of the molecule is O=C1Nc2ccc(C(F)(F)F)cc2OCC12CC2. The van der Waals surface area contributed by atoms with Crippen LogP contribution < -0.4 is 10.1 Å². The van der Waals surface area contributed by atoms with E-state index in [1.807, 2.05) is 0 Å². The molecule has 1 aliphatic carbocycles. The van der Waals surface area contributed by atoms with E-state index in [9.17, 15) is 18.0 Å². The molecule has 1 aromatic carbocycles. The molecule has 1 fully saturated rings. The number of rotatable bonds is 0. The average Bonchev–Trinajstić information content (AvgIpc) is 3.08. The average molecular weight is 257 g/mol. The summed E-state index contributed by atoms with van der Waals surface area (Å²) in [5.74, 6) is -0.0806. The van der Waals surface area contributed by atoms with Crippen LogP contribution >= 0.6 is 0 Å². The molecular formula is C12H10F3NO2. The molecule has 0 unspecified atom stereocenters. The Morgan fingerprint density at radius 2 is 2.00 bits per heavy atom. The number of hydrogen-bond donors (Lipinski definition) is 1. The molecule has 1 aliphatic heterocycles. The number of alkyl halides is 3. The van der Waals surface area contributed by atoms with E-state index < -0.39 is 17.2 Å². The van der Waals surface area contributed by atoms with Crippen molar-refractivity contribution in [2.45, 2.75) is 19.0 Å². The molecule has 0 saturated heterocycles. The zero-order valence-electron chi connectivity index (χ0n) is 9.30. The second-order valence-corrected chi connectivity index (χ2v) is 4.73. The van der Waals surface area contributed by atoms with E-state index in [4.69, 9.17) is 4.74 Å². The summed E-state index contributed by atoms with van der Waals surface area (Å²) in [5.41, 5.74) is -1.00. The van der Waals surface area contributed by atoms with Crippen molar-refractivity contribution in [2.75, 3.05) is 11.9 Å². The first kappa shape index (κ1) is 11.4. The van der Waals surface area contributed by atoms with Gasteiger partial charge >= 0.3 is 6.18 Å². The Hall–Kier alpha value is -1.72. The Bertz CT molecular complexity index is 521. The fraction of sp³-hybridized carbons (Fsp3) is 0.417. The van der Waals surface area contributed by atoms with Crippen LogP contribution in [0.25, 0.3) is 0 Å². The van der Waals surface area contributed by atoms with Crippen molar-refractivity contribution in [3.05, 3.63) is 23.8 Å². The summed E-state index contributed by atoms with van der Waals surface area (Å²) in [6, 6.07) is 3.10. The van der Waals surface area contributed by atoms with Crippen LogP contribution in [-0.4, -0.2) is 12.5 Å². The zero-order valence-corrected chi connectivity index (χ0v) is 9.30. The quantitative estimate of drug-likeness (QED) is 0.776. The molecule has 2 aliphatic rings. The van der Waals surface area contributed by atoms with Gasteiger partial charge in [-0.25, -0.2) is 0 Å². The molecule has 1 spiro atoms. The Morgan fingerprint density at radius 3 is 2.61 bits per heavy atom. The van der Waals surface area contributed by atoms with Gasteiger partial charge in [-0.05, 0) is 31.0 Å². The maximum Gasteiger partial charge on any atom is 0.416 e. The van der Waals surface area contributed by atoms with Gasteiger partial charge in [-0.2, -0.15) is 13.2 Å². The van der Waals surface area contributed by atoms with Crippen LogP contribution in [0.3, 0.4) is 0 Å². The number of nitrogens with one attached hydrogen (secondary N) is 1. The lowest BCUT2D eigenvalue weighted by Crippen LogP contribution is -2.26. The predicted octanol–water partition coefficient (Wildman–Crippen LogP) is 2.82. The van der Waals surface area contributed by atoms with Gasteiger partial charge in [0.2, 0.25) is 5.91 Å². The van der Waals surface area contributed by atoms with E-state index in [2.05, 4.69) is 5.32 Å². The number of amides is 1. The summed E-state index contributed by atoms with van der Waals surface area (Å²) in [4.78, 5) is 11.8. The van der Waals surface area contributed by atoms with Gasteiger partial charge in [0.1, 0.15) is 12.4 Å². The van der Waals surface area contributed by atoms with Crippen molar-refractivity contribution < 1.29 is 22.7 Å². The summed E-state index contributed by atoms with van der Waals surface area (Å²) >= 11 is 0. The minimum absolute atomic E-state index is 0.0851. The predicted molar refractivity (Wildman–Crippen MR) is 57.2 cm³/mol. The lowest BCUT2D eigenvalue weighted by atomic mass is 10.1. The van der Waals surface area contributed by atoms with E-state index in [0.29, 0.717) is 5.69 Å². The van der Waals surface area contributed by atoms with E-state index in [0.717, 1.165) is 25.0 Å². The molecule has 18 heavy (non-hydrogen) atoms. The highest BCUT2D eigenvalue weighted by molar-refractivity contribution is 5.99. The Balaban J connectivity index is 1.97. The maximum atomic E-state index is 12.6. The monoisotopic (exact) mass is 257 g/mol. The van der Waals surface area contributed by atoms with Gasteiger partial charge in [-0.3, -0.25) is 4.79 Å². The van der Waals surface area contributed by atoms with Gasteiger partial charge in [0.15, 0.2) is 0 Å². The first-order chi connectivity index (χ1) is 8.41. The van der Waals surface area contributed by atoms with Crippen LogP contribution in [0.5, 0.6) is 5.75 Å². The van der Waals surface area contributed by atoms with Gasteiger partial charge in [0.05, 0.1) is 16.7 Å². The molecule has 1 aromatic rings. The van der Waals surface area contributed by atoms with Crippen LogP contribution in [0.2, 0.25) is 0 Å². The van der Waals surface area contributed by atoms with Gasteiger partial charge in [0.25, 0.3) is 0 Å². The van der Waals surface area contributed by atoms with Crippen molar-refractivity contribution in [2.24, 2.45) is 5.41 Å². The van der Waals surface area contributed by atoms with Crippen molar-refractivity contribution in [1.82, 2.24) is 0 Å². The number of ether oxygens (including phenoxy) is 1. The van der Waals surface area contributed by atoms with Gasteiger partial charge in [-0.15, -0.1) is 0 Å². The third-order valence-corrected chi connectivity index (χ3v) is 3.40. The van der Waals surface area contributed by atoms with E-state index in [-0.39, 0.29) is 18.3 Å². The highest BCUT2D eigenvalue weighted by Crippen LogP contribution is 2.49. The molecule has 3 rings (SSSR count). The third-order valence-electron chi connectivity index (χ3n) is 3.40. The number of hydrogen-bond acceptors (Lipinski definition) is 2. The summed E-state index contributed by atoms with van der Waals surface area (Å²) in [5, 5.41) is 2.62. The van der Waals surface area contributed by atoms with E-state index in [1.165, 1.54) is 6.07 Å². The topological polar surface area (TPSA) is 38.3 Å². The third kappa shape index (κ3) is 1.72. The molecule has 0 aromatic heterocycles. The van der Waals surface area contributed by atoms with Crippen molar-refractivity contribution >= 4 is 11.6 Å². The number of benzene rings is 1. The Morgan fingerprint density at radius 1 is 1.28 bits per heavy atom. The highest BCUT2D eigenvalue weighted by Gasteiger charge is 2.52. The van der Waals surface area contributed by atoms with Gasteiger partial charge in [-0.1, -0.05) is 0 Å². The summed E-state index contributed by atoms with van der Waals surface area (Å²) in [6.07, 6.45) is -2.97. The van der Waals surface area contributed by atoms with Gasteiger partial charge < -0.3 is 10.1 Å². The van der Waals surface area contributed by atoms with E-state index >= 15 is 0 Å². The minimum atomic E-state index is -4.41. The molecule has 96 valence electrons. The second kappa shape index (κ2) is 3.40. The lowest BCUT2D eigenvalue weighted by molar-refractivity contribution is -0.137. The molecule has 1 heterocycles. The maximum absolute atomic E-state index is 12.6. The molecule has 0 bridgehead atoms. The standard InChI is InChI=1S/C12H10F3NO2/c13-12(14,15)7-1-2-8-9(5-7)18-6-11(3-4-11)10(17)16-8/h1-2,5H,3-4,6H2,(H,16,17). The normalized spacial score (nSPS) is 20.7. The summed E-state index contributed by atoms with van der Waals surface area (Å²) in [6.45, 7) is 0.146. The molecule has 1 amide bonds. The number of halogens is 3. The molecule has 0 radical (unpaired) electrons. The molecule has 3 nitrogen and oxygen atoms in total. The number of carbonyl (C=O) groups is 1. The first-order valence-electron chi connectivity index (χ1n) is 5.56. The van der Waals surface area contributed by atoms with Crippen LogP contribution in [0.1, 0.15) is 18.4 Å². The van der Waals surface area contributed by atoms with Crippen molar-refractivity contribution in [1.29, 1.82) is 0 Å². The van der Waals surface area contributed by atoms with E-state index in [1.54, 1.807) is 0 Å². The largest absolute Gasteiger partial charge is 0.490 e. The molecule has 1 saturated carbocycles. The molecular weight excluding hydrogens is 247 g/mol. The zero-order chi connectivity index (χ0) is 13.0. The van der Waals surface area contributed by atoms with Crippen LogP contribution in [0, 0.1) is 5.41 Å². The summed E-state index contributed by atoms with van der Waals surface area (Å²) in [7, 11) is 0. The van der Waals surface area contributed by atoms with Crippen molar-refractivity contribution in [3.63, 3.8) is 0 Å². The highest BCUT2D eigenvalue weighted by atomic mass is 19.4. The second-order valence-electron chi connectivity index (χ2n) is 4.73. The van der Waals surface area contributed by atoms with Crippen LogP contribution in [0.15, 0.2) is 18.2 Å². The van der Waals surface area contributed by atoms with Crippen LogP contribution in [0.4, 0.5) is 18.9 Å². The fourth-order valence-corrected chi connectivity index (χ4v) is 1.98. The fourth-order valence-electron chi connectivity index (χ4n) is 1.98. The Labute approximate surface area is 101 Å². The smallest absolute Gasteiger partial charge is 0.416 e. The summed E-state index contributed by atoms with van der Waals surface area (Å²) < 4.78 is 43.0. The number of carbonyl (C=O) groups excluding carboxylic acids is 1. The molecule has 1 N–H and O–H groups in total. The van der Waals surface area contributed by atoms with Gasteiger partial charge in [0, 0.05) is 0 Å². The Kier molecular flexibility index (Phi) is 2.15. The molecule has 6 heteroatoms.